The molecule has 0 amide bonds. The summed E-state index contributed by atoms with van der Waals surface area (Å²) in [6.45, 7) is 8.28. The van der Waals surface area contributed by atoms with Crippen LogP contribution in [0.15, 0.2) is 54.1 Å². The maximum Gasteiger partial charge on any atom is 0.141 e. The van der Waals surface area contributed by atoms with Crippen molar-refractivity contribution < 1.29 is 4.39 Å². The SMILES string of the molecule is C/C(=C\C=C(/C)c1ccc(C#N)c(F)c1)Cc1cc(C)ccc1C. The third-order valence-electron chi connectivity index (χ3n) is 4.14. The first-order chi connectivity index (χ1) is 11.4. The van der Waals surface area contributed by atoms with Gasteiger partial charge in [-0.05, 0) is 68.5 Å². The molecule has 2 aromatic rings. The van der Waals surface area contributed by atoms with Crippen LogP contribution in [0.3, 0.4) is 0 Å². The zero-order valence-corrected chi connectivity index (χ0v) is 14.7. The molecule has 0 saturated carbocycles. The Bertz CT molecular complexity index is 851. The van der Waals surface area contributed by atoms with Gasteiger partial charge in [-0.15, -0.1) is 0 Å². The molecular formula is C22H22FN. The van der Waals surface area contributed by atoms with E-state index in [1.54, 1.807) is 6.07 Å². The summed E-state index contributed by atoms with van der Waals surface area (Å²) in [5, 5.41) is 8.79. The van der Waals surface area contributed by atoms with Gasteiger partial charge in [0.2, 0.25) is 0 Å². The van der Waals surface area contributed by atoms with Gasteiger partial charge in [-0.2, -0.15) is 5.26 Å². The molecule has 2 rings (SSSR count). The highest BCUT2D eigenvalue weighted by Crippen LogP contribution is 2.19. The fourth-order valence-electron chi connectivity index (χ4n) is 2.56. The minimum Gasteiger partial charge on any atom is -0.206 e. The topological polar surface area (TPSA) is 23.8 Å². The Hall–Kier alpha value is -2.66. The van der Waals surface area contributed by atoms with Crippen LogP contribution in [0.1, 0.15) is 41.7 Å². The van der Waals surface area contributed by atoms with Crippen molar-refractivity contribution in [2.24, 2.45) is 0 Å². The van der Waals surface area contributed by atoms with Gasteiger partial charge in [-0.3, -0.25) is 0 Å². The highest BCUT2D eigenvalue weighted by Gasteiger charge is 2.04. The highest BCUT2D eigenvalue weighted by atomic mass is 19.1. The molecule has 0 aliphatic carbocycles. The molecule has 2 heteroatoms. The highest BCUT2D eigenvalue weighted by molar-refractivity contribution is 5.66. The number of aryl methyl sites for hydroxylation is 2. The van der Waals surface area contributed by atoms with Gasteiger partial charge in [-0.25, -0.2) is 4.39 Å². The van der Waals surface area contributed by atoms with Crippen molar-refractivity contribution in [1.82, 2.24) is 0 Å². The predicted octanol–water partition coefficient (Wildman–Crippen LogP) is 5.91. The van der Waals surface area contributed by atoms with Crippen molar-refractivity contribution in [3.63, 3.8) is 0 Å². The lowest BCUT2D eigenvalue weighted by Crippen LogP contribution is -1.92. The number of allylic oxidation sites excluding steroid dienone is 4. The molecule has 0 N–H and O–H groups in total. The zero-order chi connectivity index (χ0) is 17.7. The van der Waals surface area contributed by atoms with Crippen LogP contribution in [0.2, 0.25) is 0 Å². The van der Waals surface area contributed by atoms with Crippen molar-refractivity contribution in [3.8, 4) is 6.07 Å². The molecule has 0 aliphatic rings. The van der Waals surface area contributed by atoms with Crippen LogP contribution in [-0.4, -0.2) is 0 Å². The number of nitriles is 1. The van der Waals surface area contributed by atoms with Crippen molar-refractivity contribution in [2.45, 2.75) is 34.1 Å². The van der Waals surface area contributed by atoms with Gasteiger partial charge in [0.1, 0.15) is 11.9 Å². The molecule has 0 atom stereocenters. The van der Waals surface area contributed by atoms with Crippen molar-refractivity contribution >= 4 is 5.57 Å². The first-order valence-corrected chi connectivity index (χ1v) is 8.01. The van der Waals surface area contributed by atoms with Crippen LogP contribution in [0.25, 0.3) is 5.57 Å². The van der Waals surface area contributed by atoms with E-state index in [1.165, 1.54) is 34.4 Å². The van der Waals surface area contributed by atoms with Gasteiger partial charge in [0.25, 0.3) is 0 Å². The van der Waals surface area contributed by atoms with Crippen LogP contribution in [0.4, 0.5) is 4.39 Å². The average Bonchev–Trinajstić information content (AvgIpc) is 2.56. The van der Waals surface area contributed by atoms with Gasteiger partial charge >= 0.3 is 0 Å². The van der Waals surface area contributed by atoms with E-state index in [1.807, 2.05) is 19.1 Å². The van der Waals surface area contributed by atoms with E-state index in [2.05, 4.69) is 45.0 Å². The number of hydrogen-bond acceptors (Lipinski definition) is 1. The third-order valence-corrected chi connectivity index (χ3v) is 4.14. The normalized spacial score (nSPS) is 12.2. The third kappa shape index (κ3) is 4.43. The first kappa shape index (κ1) is 17.7. The van der Waals surface area contributed by atoms with Crippen LogP contribution in [-0.2, 0) is 6.42 Å². The van der Waals surface area contributed by atoms with Crippen molar-refractivity contribution in [2.75, 3.05) is 0 Å². The minimum atomic E-state index is -0.473. The van der Waals surface area contributed by atoms with E-state index in [0.29, 0.717) is 0 Å². The Kier molecular flexibility index (Phi) is 5.71. The molecule has 1 nitrogen and oxygen atoms in total. The smallest absolute Gasteiger partial charge is 0.141 e. The fourth-order valence-corrected chi connectivity index (χ4v) is 2.56. The van der Waals surface area contributed by atoms with Gasteiger partial charge in [0.05, 0.1) is 5.56 Å². The standard InChI is InChI=1S/C22H22FN/c1-15(11-21-12-16(2)6-8-18(21)4)5-7-17(3)19-9-10-20(14-24)22(23)13-19/h5-10,12-13H,11H2,1-4H3/b15-5+,17-7+. The summed E-state index contributed by atoms with van der Waals surface area (Å²) in [5.41, 5.74) is 6.98. The second-order valence-corrected chi connectivity index (χ2v) is 6.28. The van der Waals surface area contributed by atoms with E-state index < -0.39 is 5.82 Å². The molecule has 0 aliphatic heterocycles. The summed E-state index contributed by atoms with van der Waals surface area (Å²) in [6.07, 6.45) is 4.98. The Balaban J connectivity index is 2.18. The second-order valence-electron chi connectivity index (χ2n) is 6.28. The largest absolute Gasteiger partial charge is 0.206 e. The number of halogens is 1. The van der Waals surface area contributed by atoms with Crippen LogP contribution in [0, 0.1) is 31.0 Å². The van der Waals surface area contributed by atoms with Gasteiger partial charge in [0.15, 0.2) is 0 Å². The molecule has 0 unspecified atom stereocenters. The predicted molar refractivity (Wildman–Crippen MR) is 98.1 cm³/mol. The monoisotopic (exact) mass is 319 g/mol. The molecule has 24 heavy (non-hydrogen) atoms. The summed E-state index contributed by atoms with van der Waals surface area (Å²) >= 11 is 0. The Morgan fingerprint density at radius 1 is 1.08 bits per heavy atom. The Labute approximate surface area is 143 Å². The number of hydrogen-bond donors (Lipinski definition) is 0. The van der Waals surface area contributed by atoms with Crippen LogP contribution < -0.4 is 0 Å². The molecule has 0 radical (unpaired) electrons. The summed E-state index contributed by atoms with van der Waals surface area (Å²) in [7, 11) is 0. The lowest BCUT2D eigenvalue weighted by molar-refractivity contribution is 0.623. The molecular weight excluding hydrogens is 297 g/mol. The van der Waals surface area contributed by atoms with Crippen LogP contribution in [0.5, 0.6) is 0 Å². The van der Waals surface area contributed by atoms with Gasteiger partial charge < -0.3 is 0 Å². The van der Waals surface area contributed by atoms with E-state index in [-0.39, 0.29) is 5.56 Å². The summed E-state index contributed by atoms with van der Waals surface area (Å²) < 4.78 is 13.7. The number of rotatable bonds is 4. The van der Waals surface area contributed by atoms with Crippen molar-refractivity contribution in [1.29, 1.82) is 5.26 Å². The minimum absolute atomic E-state index is 0.0770. The Morgan fingerprint density at radius 2 is 1.83 bits per heavy atom. The second kappa shape index (κ2) is 7.75. The fraction of sp³-hybridized carbons (Fsp3) is 0.227. The quantitative estimate of drug-likeness (QED) is 0.643. The van der Waals surface area contributed by atoms with Crippen LogP contribution >= 0.6 is 0 Å². The van der Waals surface area contributed by atoms with E-state index in [0.717, 1.165) is 17.6 Å². The molecule has 2 aromatic carbocycles. The molecule has 0 saturated heterocycles. The van der Waals surface area contributed by atoms with E-state index >= 15 is 0 Å². The number of benzene rings is 2. The first-order valence-electron chi connectivity index (χ1n) is 8.01. The molecule has 0 heterocycles. The average molecular weight is 319 g/mol. The maximum absolute atomic E-state index is 13.7. The molecule has 0 bridgehead atoms. The Morgan fingerprint density at radius 3 is 2.50 bits per heavy atom. The number of nitrogens with zero attached hydrogens (tertiary/aromatic N) is 1. The maximum atomic E-state index is 13.7. The zero-order valence-electron chi connectivity index (χ0n) is 14.7. The summed E-state index contributed by atoms with van der Waals surface area (Å²) in [4.78, 5) is 0. The summed E-state index contributed by atoms with van der Waals surface area (Å²) in [6, 6.07) is 13.1. The van der Waals surface area contributed by atoms with E-state index in [9.17, 15) is 4.39 Å². The lowest BCUT2D eigenvalue weighted by atomic mass is 9.98. The van der Waals surface area contributed by atoms with Gasteiger partial charge in [0, 0.05) is 0 Å². The molecule has 0 aromatic heterocycles. The van der Waals surface area contributed by atoms with Gasteiger partial charge in [-0.1, -0.05) is 47.6 Å². The molecule has 122 valence electrons. The molecule has 0 spiro atoms. The lowest BCUT2D eigenvalue weighted by Gasteiger charge is -2.07. The molecule has 0 fully saturated rings. The summed E-state index contributed by atoms with van der Waals surface area (Å²) in [5.74, 6) is -0.473. The van der Waals surface area contributed by atoms with E-state index in [4.69, 9.17) is 5.26 Å². The van der Waals surface area contributed by atoms with Crippen molar-refractivity contribution in [3.05, 3.63) is 87.8 Å².